The van der Waals surface area contributed by atoms with E-state index in [1.165, 1.54) is 45.8 Å². The number of ether oxygens (including phenoxy) is 1. The van der Waals surface area contributed by atoms with Gasteiger partial charge in [0.25, 0.3) is 5.91 Å². The molecule has 3 heterocycles. The predicted octanol–water partition coefficient (Wildman–Crippen LogP) is 5.29. The highest BCUT2D eigenvalue weighted by Gasteiger charge is 2.46. The monoisotopic (exact) mass is 466 g/mol. The van der Waals surface area contributed by atoms with Gasteiger partial charge in [-0.1, -0.05) is 29.5 Å². The number of ketones is 1. The van der Waals surface area contributed by atoms with Crippen LogP contribution < -0.4 is 9.64 Å². The minimum Gasteiger partial charge on any atom is -0.503 e. The number of Topliss-reactive ketones (excluding diaryl/α,β-unsaturated/α-hetero) is 1. The third-order valence-electron chi connectivity index (χ3n) is 5.15. The van der Waals surface area contributed by atoms with E-state index in [4.69, 9.17) is 4.74 Å². The highest BCUT2D eigenvalue weighted by molar-refractivity contribution is 7.22. The van der Waals surface area contributed by atoms with Crippen LogP contribution in [-0.2, 0) is 4.79 Å². The number of nitrogens with zero attached hydrogens (tertiary/aromatic N) is 2. The summed E-state index contributed by atoms with van der Waals surface area (Å²) in [6.07, 6.45) is 0. The molecule has 4 aromatic rings. The summed E-state index contributed by atoms with van der Waals surface area (Å²) in [5.41, 5.74) is 0.896. The van der Waals surface area contributed by atoms with Crippen molar-refractivity contribution in [3.63, 3.8) is 0 Å². The number of thiophene rings is 1. The van der Waals surface area contributed by atoms with E-state index in [2.05, 4.69) is 4.98 Å². The van der Waals surface area contributed by atoms with Crippen LogP contribution in [-0.4, -0.2) is 28.9 Å². The van der Waals surface area contributed by atoms with Crippen LogP contribution in [0.25, 0.3) is 10.2 Å². The minimum atomic E-state index is -1.02. The Morgan fingerprint density at radius 2 is 2.03 bits per heavy atom. The number of aliphatic hydroxyl groups excluding tert-OH is 1. The number of hydrogen-bond acceptors (Lipinski definition) is 7. The smallest absolute Gasteiger partial charge is 0.296 e. The number of rotatable bonds is 5. The number of benzene rings is 2. The van der Waals surface area contributed by atoms with E-state index in [0.717, 1.165) is 4.70 Å². The zero-order valence-corrected chi connectivity index (χ0v) is 18.2. The molecule has 0 unspecified atom stereocenters. The number of anilines is 1. The fraction of sp³-hybridized carbons (Fsp3) is 0.0870. The molecule has 0 saturated carbocycles. The van der Waals surface area contributed by atoms with Crippen LogP contribution in [0.5, 0.6) is 5.75 Å². The Bertz CT molecular complexity index is 1390. The topological polar surface area (TPSA) is 79.7 Å². The molecular formula is C23H15FN2O4S2. The van der Waals surface area contributed by atoms with E-state index in [-0.39, 0.29) is 10.7 Å². The number of methoxy groups -OCH3 is 1. The lowest BCUT2D eigenvalue weighted by molar-refractivity contribution is -0.117. The van der Waals surface area contributed by atoms with Gasteiger partial charge in [-0.25, -0.2) is 9.37 Å². The van der Waals surface area contributed by atoms with Gasteiger partial charge in [-0.05, 0) is 47.3 Å². The van der Waals surface area contributed by atoms with E-state index in [0.29, 0.717) is 21.7 Å². The molecule has 2 aromatic heterocycles. The van der Waals surface area contributed by atoms with Crippen molar-refractivity contribution in [3.8, 4) is 5.75 Å². The molecule has 2 aromatic carbocycles. The van der Waals surface area contributed by atoms with Crippen LogP contribution in [0.4, 0.5) is 9.52 Å². The second-order valence-electron chi connectivity index (χ2n) is 7.03. The molecule has 1 N–H and O–H groups in total. The van der Waals surface area contributed by atoms with Gasteiger partial charge >= 0.3 is 0 Å². The van der Waals surface area contributed by atoms with Gasteiger partial charge in [0.1, 0.15) is 11.6 Å². The van der Waals surface area contributed by atoms with Crippen molar-refractivity contribution in [1.82, 2.24) is 4.98 Å². The van der Waals surface area contributed by atoms with E-state index in [9.17, 15) is 19.1 Å². The fourth-order valence-electron chi connectivity index (χ4n) is 3.69. The van der Waals surface area contributed by atoms with Gasteiger partial charge in [0.2, 0.25) is 5.78 Å². The zero-order valence-electron chi connectivity index (χ0n) is 16.6. The SMILES string of the molecule is COc1ccc2nc(N3C(=O)C(O)=C(C(=O)c4cccs4)[C@H]3c3cccc(F)c3)sc2c1. The summed E-state index contributed by atoms with van der Waals surface area (Å²) >= 11 is 2.42. The molecule has 0 aliphatic carbocycles. The van der Waals surface area contributed by atoms with Crippen LogP contribution in [0.3, 0.4) is 0 Å². The molecule has 9 heteroatoms. The molecule has 32 heavy (non-hydrogen) atoms. The number of aromatic nitrogens is 1. The van der Waals surface area contributed by atoms with Crippen LogP contribution in [0.1, 0.15) is 21.3 Å². The van der Waals surface area contributed by atoms with E-state index >= 15 is 0 Å². The minimum absolute atomic E-state index is 0.0973. The fourth-order valence-corrected chi connectivity index (χ4v) is 5.39. The standard InChI is InChI=1S/C23H15FN2O4S2/c1-30-14-7-8-15-17(11-14)32-23(25-15)26-19(12-4-2-5-13(24)10-12)18(21(28)22(26)29)20(27)16-6-3-9-31-16/h2-11,19,28H,1H3/t19-/m1/s1. The number of fused-ring (bicyclic) bond motifs is 1. The number of carbonyl (C=O) groups is 2. The van der Waals surface area contributed by atoms with Gasteiger partial charge in [-0.2, -0.15) is 0 Å². The van der Waals surface area contributed by atoms with Crippen LogP contribution in [0.15, 0.2) is 71.3 Å². The number of halogens is 1. The summed E-state index contributed by atoms with van der Waals surface area (Å²) in [6.45, 7) is 0. The Kier molecular flexibility index (Phi) is 4.99. The predicted molar refractivity (Wildman–Crippen MR) is 121 cm³/mol. The molecule has 1 amide bonds. The molecule has 6 nitrogen and oxygen atoms in total. The molecular weight excluding hydrogens is 451 g/mol. The third-order valence-corrected chi connectivity index (χ3v) is 7.04. The quantitative estimate of drug-likeness (QED) is 0.405. The van der Waals surface area contributed by atoms with Crippen molar-refractivity contribution in [2.45, 2.75) is 6.04 Å². The first-order chi connectivity index (χ1) is 15.5. The molecule has 0 radical (unpaired) electrons. The number of thiazole rings is 1. The van der Waals surface area contributed by atoms with Gasteiger partial charge < -0.3 is 9.84 Å². The lowest BCUT2D eigenvalue weighted by Gasteiger charge is -2.24. The maximum atomic E-state index is 14.1. The number of amides is 1. The highest BCUT2D eigenvalue weighted by atomic mass is 32.1. The second-order valence-corrected chi connectivity index (χ2v) is 8.99. The summed E-state index contributed by atoms with van der Waals surface area (Å²) in [7, 11) is 1.55. The first-order valence-electron chi connectivity index (χ1n) is 9.53. The molecule has 5 rings (SSSR count). The van der Waals surface area contributed by atoms with Crippen molar-refractivity contribution < 1.29 is 23.8 Å². The van der Waals surface area contributed by atoms with Crippen LogP contribution in [0, 0.1) is 5.82 Å². The molecule has 0 saturated heterocycles. The number of carbonyl (C=O) groups excluding carboxylic acids is 2. The Balaban J connectivity index is 1.68. The lowest BCUT2D eigenvalue weighted by atomic mass is 9.95. The summed E-state index contributed by atoms with van der Waals surface area (Å²) in [5, 5.41) is 12.8. The number of hydrogen-bond donors (Lipinski definition) is 1. The van der Waals surface area contributed by atoms with Crippen molar-refractivity contribution in [2.75, 3.05) is 12.0 Å². The van der Waals surface area contributed by atoms with E-state index in [1.54, 1.807) is 48.9 Å². The summed E-state index contributed by atoms with van der Waals surface area (Å²) in [5.74, 6) is -1.78. The van der Waals surface area contributed by atoms with Crippen molar-refractivity contribution >= 4 is 49.7 Å². The first-order valence-corrected chi connectivity index (χ1v) is 11.2. The first kappa shape index (κ1) is 20.3. The molecule has 0 spiro atoms. The van der Waals surface area contributed by atoms with Gasteiger partial charge in [0, 0.05) is 0 Å². The molecule has 0 fully saturated rings. The molecule has 1 aliphatic rings. The van der Waals surface area contributed by atoms with Gasteiger partial charge in [0.15, 0.2) is 10.9 Å². The largest absolute Gasteiger partial charge is 0.503 e. The van der Waals surface area contributed by atoms with Crippen LogP contribution >= 0.6 is 22.7 Å². The molecule has 0 bridgehead atoms. The van der Waals surface area contributed by atoms with Crippen LogP contribution in [0.2, 0.25) is 0 Å². The Morgan fingerprint density at radius 1 is 1.19 bits per heavy atom. The third kappa shape index (κ3) is 3.26. The van der Waals surface area contributed by atoms with Crippen molar-refractivity contribution in [3.05, 3.63) is 87.6 Å². The Labute approximate surface area is 189 Å². The van der Waals surface area contributed by atoms with Gasteiger partial charge in [0.05, 0.1) is 33.8 Å². The Hall–Kier alpha value is -3.56. The summed E-state index contributed by atoms with van der Waals surface area (Å²) in [6, 6.07) is 13.3. The van der Waals surface area contributed by atoms with Crippen molar-refractivity contribution in [1.29, 1.82) is 0 Å². The normalized spacial score (nSPS) is 16.2. The summed E-state index contributed by atoms with van der Waals surface area (Å²) in [4.78, 5) is 32.6. The maximum absolute atomic E-state index is 14.1. The highest BCUT2D eigenvalue weighted by Crippen LogP contribution is 2.44. The molecule has 1 aliphatic heterocycles. The lowest BCUT2D eigenvalue weighted by Crippen LogP contribution is -2.31. The number of aliphatic hydroxyl groups is 1. The zero-order chi connectivity index (χ0) is 22.4. The average Bonchev–Trinajstić information content (AvgIpc) is 3.51. The molecule has 160 valence electrons. The second kappa shape index (κ2) is 7.85. The molecule has 1 atom stereocenters. The summed E-state index contributed by atoms with van der Waals surface area (Å²) < 4.78 is 20.1. The Morgan fingerprint density at radius 3 is 2.75 bits per heavy atom. The average molecular weight is 467 g/mol. The van der Waals surface area contributed by atoms with Gasteiger partial charge in [-0.15, -0.1) is 11.3 Å². The van der Waals surface area contributed by atoms with Crippen molar-refractivity contribution in [2.24, 2.45) is 0 Å². The maximum Gasteiger partial charge on any atom is 0.296 e. The van der Waals surface area contributed by atoms with Gasteiger partial charge in [-0.3, -0.25) is 14.5 Å². The van der Waals surface area contributed by atoms with E-state index < -0.39 is 29.3 Å². The van der Waals surface area contributed by atoms with E-state index in [1.807, 2.05) is 0 Å².